The molecule has 1 atom stereocenters. The van der Waals surface area contributed by atoms with E-state index in [0.717, 1.165) is 82.1 Å². The van der Waals surface area contributed by atoms with E-state index < -0.39 is 0 Å². The Bertz CT molecular complexity index is 743. The molecule has 2 aliphatic heterocycles. The normalized spacial score (nSPS) is 22.1. The summed E-state index contributed by atoms with van der Waals surface area (Å²) in [7, 11) is 0. The van der Waals surface area contributed by atoms with Crippen LogP contribution in [0.25, 0.3) is 0 Å². The standard InChI is InChI=1S/C20H30N4O3S/c1-16-2-3-18(27-16)14-24-6-5-22(13-17(24)4-9-25)15-19-12-21-20(28-19)23-7-10-26-11-8-23/h2-3,12,17,25H,4-11,13-15H2,1H3/t17-/m0/s1. The summed E-state index contributed by atoms with van der Waals surface area (Å²) in [5.41, 5.74) is 0. The van der Waals surface area contributed by atoms with E-state index in [-0.39, 0.29) is 6.61 Å². The summed E-state index contributed by atoms with van der Waals surface area (Å²) in [6.45, 7) is 10.3. The minimum Gasteiger partial charge on any atom is -0.465 e. The first kappa shape index (κ1) is 19.8. The molecule has 2 aromatic heterocycles. The van der Waals surface area contributed by atoms with E-state index in [0.29, 0.717) is 6.04 Å². The number of hydrogen-bond acceptors (Lipinski definition) is 8. The Morgan fingerprint density at radius 3 is 2.79 bits per heavy atom. The zero-order chi connectivity index (χ0) is 19.3. The smallest absolute Gasteiger partial charge is 0.185 e. The van der Waals surface area contributed by atoms with Crippen LogP contribution in [0.1, 0.15) is 22.8 Å². The summed E-state index contributed by atoms with van der Waals surface area (Å²) in [4.78, 5) is 13.2. The molecule has 4 rings (SSSR count). The maximum atomic E-state index is 9.54. The highest BCUT2D eigenvalue weighted by atomic mass is 32.1. The molecule has 0 radical (unpaired) electrons. The zero-order valence-corrected chi connectivity index (χ0v) is 17.4. The van der Waals surface area contributed by atoms with E-state index in [2.05, 4.69) is 25.8 Å². The van der Waals surface area contributed by atoms with Crippen molar-refractivity contribution in [1.82, 2.24) is 14.8 Å². The molecule has 28 heavy (non-hydrogen) atoms. The average molecular weight is 407 g/mol. The molecule has 154 valence electrons. The van der Waals surface area contributed by atoms with Crippen molar-refractivity contribution in [3.63, 3.8) is 0 Å². The summed E-state index contributed by atoms with van der Waals surface area (Å²) in [6.07, 6.45) is 2.81. The van der Waals surface area contributed by atoms with Crippen molar-refractivity contribution in [2.75, 3.05) is 57.4 Å². The second-order valence-electron chi connectivity index (χ2n) is 7.59. The van der Waals surface area contributed by atoms with Crippen LogP contribution in [0, 0.1) is 6.92 Å². The molecule has 0 amide bonds. The molecule has 2 fully saturated rings. The predicted octanol–water partition coefficient (Wildman–Crippen LogP) is 1.95. The number of aryl methyl sites for hydroxylation is 1. The molecule has 0 unspecified atom stereocenters. The molecule has 7 nitrogen and oxygen atoms in total. The molecule has 4 heterocycles. The Hall–Kier alpha value is -1.45. The highest BCUT2D eigenvalue weighted by Gasteiger charge is 2.28. The van der Waals surface area contributed by atoms with E-state index in [1.54, 1.807) is 11.3 Å². The van der Waals surface area contributed by atoms with Gasteiger partial charge in [0.15, 0.2) is 5.13 Å². The number of ether oxygens (including phenoxy) is 1. The molecule has 0 saturated carbocycles. The summed E-state index contributed by atoms with van der Waals surface area (Å²) < 4.78 is 11.2. The first-order chi connectivity index (χ1) is 13.7. The van der Waals surface area contributed by atoms with Gasteiger partial charge in [0, 0.05) is 63.0 Å². The number of rotatable bonds is 7. The fourth-order valence-corrected chi connectivity index (χ4v) is 5.00. The number of hydrogen-bond donors (Lipinski definition) is 1. The van der Waals surface area contributed by atoms with Crippen molar-refractivity contribution < 1.29 is 14.3 Å². The Balaban J connectivity index is 1.34. The molecule has 0 aromatic carbocycles. The molecular weight excluding hydrogens is 376 g/mol. The third kappa shape index (κ3) is 4.93. The van der Waals surface area contributed by atoms with E-state index in [1.165, 1.54) is 4.88 Å². The Morgan fingerprint density at radius 2 is 2.04 bits per heavy atom. The average Bonchev–Trinajstić information content (AvgIpc) is 3.34. The summed E-state index contributed by atoms with van der Waals surface area (Å²) in [6, 6.07) is 4.42. The van der Waals surface area contributed by atoms with Gasteiger partial charge in [0.05, 0.1) is 19.8 Å². The van der Waals surface area contributed by atoms with Gasteiger partial charge in [0.2, 0.25) is 0 Å². The van der Waals surface area contributed by atoms with Gasteiger partial charge in [-0.05, 0) is 25.5 Å². The van der Waals surface area contributed by atoms with E-state index in [4.69, 9.17) is 9.15 Å². The van der Waals surface area contributed by atoms with Gasteiger partial charge >= 0.3 is 0 Å². The van der Waals surface area contributed by atoms with Crippen LogP contribution in [0.4, 0.5) is 5.13 Å². The van der Waals surface area contributed by atoms with Crippen LogP contribution in [0.15, 0.2) is 22.7 Å². The van der Waals surface area contributed by atoms with E-state index in [9.17, 15) is 5.11 Å². The van der Waals surface area contributed by atoms with Gasteiger partial charge in [0.1, 0.15) is 11.5 Å². The molecule has 1 N–H and O–H groups in total. The van der Waals surface area contributed by atoms with Crippen LogP contribution < -0.4 is 4.90 Å². The third-order valence-corrected chi connectivity index (χ3v) is 6.55. The van der Waals surface area contributed by atoms with E-state index in [1.807, 2.05) is 19.2 Å². The first-order valence-corrected chi connectivity index (χ1v) is 10.9. The maximum Gasteiger partial charge on any atom is 0.185 e. The highest BCUT2D eigenvalue weighted by Crippen LogP contribution is 2.26. The van der Waals surface area contributed by atoms with Gasteiger partial charge in [-0.3, -0.25) is 9.80 Å². The number of morpholine rings is 1. The minimum absolute atomic E-state index is 0.216. The summed E-state index contributed by atoms with van der Waals surface area (Å²) in [5, 5.41) is 10.6. The lowest BCUT2D eigenvalue weighted by atomic mass is 10.1. The van der Waals surface area contributed by atoms with Gasteiger partial charge in [-0.25, -0.2) is 4.98 Å². The van der Waals surface area contributed by atoms with Crippen molar-refractivity contribution in [2.24, 2.45) is 0 Å². The van der Waals surface area contributed by atoms with Gasteiger partial charge < -0.3 is 19.2 Å². The van der Waals surface area contributed by atoms with Crippen molar-refractivity contribution in [1.29, 1.82) is 0 Å². The van der Waals surface area contributed by atoms with Crippen molar-refractivity contribution in [3.8, 4) is 0 Å². The third-order valence-electron chi connectivity index (χ3n) is 5.51. The lowest BCUT2D eigenvalue weighted by molar-refractivity contribution is 0.0458. The second kappa shape index (κ2) is 9.37. The van der Waals surface area contributed by atoms with Crippen LogP contribution in [0.2, 0.25) is 0 Å². The van der Waals surface area contributed by atoms with Crippen LogP contribution in [-0.2, 0) is 17.8 Å². The van der Waals surface area contributed by atoms with Crippen LogP contribution in [-0.4, -0.2) is 78.5 Å². The van der Waals surface area contributed by atoms with Crippen molar-refractivity contribution in [2.45, 2.75) is 32.5 Å². The number of aromatic nitrogens is 1. The van der Waals surface area contributed by atoms with Gasteiger partial charge in [0.25, 0.3) is 0 Å². The van der Waals surface area contributed by atoms with Crippen molar-refractivity contribution >= 4 is 16.5 Å². The fourth-order valence-electron chi connectivity index (χ4n) is 3.99. The highest BCUT2D eigenvalue weighted by molar-refractivity contribution is 7.15. The topological polar surface area (TPSA) is 65.2 Å². The zero-order valence-electron chi connectivity index (χ0n) is 16.5. The van der Waals surface area contributed by atoms with Crippen LogP contribution in [0.5, 0.6) is 0 Å². The number of piperazine rings is 1. The maximum absolute atomic E-state index is 9.54. The largest absolute Gasteiger partial charge is 0.465 e. The quantitative estimate of drug-likeness (QED) is 0.754. The van der Waals surface area contributed by atoms with Gasteiger partial charge in [-0.15, -0.1) is 11.3 Å². The molecule has 0 aliphatic carbocycles. The van der Waals surface area contributed by atoms with E-state index >= 15 is 0 Å². The molecular formula is C20H30N4O3S. The predicted molar refractivity (Wildman–Crippen MR) is 110 cm³/mol. The molecule has 2 aromatic rings. The van der Waals surface area contributed by atoms with Crippen LogP contribution >= 0.6 is 11.3 Å². The second-order valence-corrected chi connectivity index (χ2v) is 8.69. The molecule has 0 bridgehead atoms. The number of nitrogens with zero attached hydrogens (tertiary/aromatic N) is 4. The number of furan rings is 1. The lowest BCUT2D eigenvalue weighted by Gasteiger charge is -2.41. The number of aliphatic hydroxyl groups is 1. The van der Waals surface area contributed by atoms with Crippen LogP contribution in [0.3, 0.4) is 0 Å². The van der Waals surface area contributed by atoms with Crippen molar-refractivity contribution in [3.05, 3.63) is 34.7 Å². The first-order valence-electron chi connectivity index (χ1n) is 10.1. The number of thiazole rings is 1. The lowest BCUT2D eigenvalue weighted by Crippen LogP contribution is -2.52. The SMILES string of the molecule is Cc1ccc(CN2CCN(Cc3cnc(N4CCOCC4)s3)C[C@@H]2CCO)o1. The summed E-state index contributed by atoms with van der Waals surface area (Å²) >= 11 is 1.79. The molecule has 2 saturated heterocycles. The molecule has 0 spiro atoms. The monoisotopic (exact) mass is 406 g/mol. The fraction of sp³-hybridized carbons (Fsp3) is 0.650. The Labute approximate surface area is 170 Å². The number of aliphatic hydroxyl groups excluding tert-OH is 1. The Morgan fingerprint density at radius 1 is 1.18 bits per heavy atom. The van der Waals surface area contributed by atoms with Gasteiger partial charge in [-0.1, -0.05) is 0 Å². The number of anilines is 1. The molecule has 8 heteroatoms. The van der Waals surface area contributed by atoms with Gasteiger partial charge in [-0.2, -0.15) is 0 Å². The minimum atomic E-state index is 0.216. The Kier molecular flexibility index (Phi) is 6.64. The molecule has 2 aliphatic rings. The summed E-state index contributed by atoms with van der Waals surface area (Å²) in [5.74, 6) is 1.96.